The van der Waals surface area contributed by atoms with Gasteiger partial charge in [0.25, 0.3) is 5.91 Å². The second-order valence-corrected chi connectivity index (χ2v) is 7.09. The number of nitrogens with zero attached hydrogens (tertiary/aromatic N) is 1. The molecule has 3 amide bonds. The topological polar surface area (TPSA) is 66.5 Å². The Hall–Kier alpha value is -2.95. The molecule has 1 N–H and O–H groups in total. The number of hydrogen-bond acceptors (Lipinski definition) is 3. The maximum absolute atomic E-state index is 12.9. The third-order valence-corrected chi connectivity index (χ3v) is 5.21. The quantitative estimate of drug-likeness (QED) is 0.867. The van der Waals surface area contributed by atoms with Crippen LogP contribution in [0.1, 0.15) is 40.7 Å². The van der Waals surface area contributed by atoms with Crippen LogP contribution < -0.4 is 10.2 Å². The number of benzene rings is 2. The van der Waals surface area contributed by atoms with E-state index in [4.69, 9.17) is 0 Å². The highest BCUT2D eigenvalue weighted by Gasteiger charge is 2.31. The van der Waals surface area contributed by atoms with E-state index >= 15 is 0 Å². The first kappa shape index (κ1) is 16.5. The van der Waals surface area contributed by atoms with Crippen LogP contribution in [0.4, 0.5) is 5.69 Å². The Morgan fingerprint density at radius 3 is 2.54 bits per heavy atom. The molecule has 0 unspecified atom stereocenters. The molecule has 0 radical (unpaired) electrons. The summed E-state index contributed by atoms with van der Waals surface area (Å²) >= 11 is 0. The summed E-state index contributed by atoms with van der Waals surface area (Å²) in [6.45, 7) is 2.81. The van der Waals surface area contributed by atoms with Crippen molar-refractivity contribution in [3.63, 3.8) is 0 Å². The fourth-order valence-electron chi connectivity index (χ4n) is 3.81. The van der Waals surface area contributed by atoms with Crippen molar-refractivity contribution in [1.82, 2.24) is 5.32 Å². The molecule has 2 aromatic carbocycles. The predicted molar refractivity (Wildman–Crippen MR) is 97.9 cm³/mol. The van der Waals surface area contributed by atoms with Crippen molar-refractivity contribution >= 4 is 23.4 Å². The Morgan fingerprint density at radius 2 is 1.85 bits per heavy atom. The summed E-state index contributed by atoms with van der Waals surface area (Å²) in [5, 5.41) is 2.33. The summed E-state index contributed by atoms with van der Waals surface area (Å²) in [6, 6.07) is 15.4. The Labute approximate surface area is 152 Å². The molecule has 2 aromatic rings. The predicted octanol–water partition coefficient (Wildman–Crippen LogP) is 2.66. The van der Waals surface area contributed by atoms with Gasteiger partial charge in [-0.1, -0.05) is 37.3 Å². The maximum Gasteiger partial charge on any atom is 0.258 e. The minimum atomic E-state index is -0.310. The van der Waals surface area contributed by atoms with E-state index in [1.165, 1.54) is 5.56 Å². The van der Waals surface area contributed by atoms with Gasteiger partial charge in [0.05, 0.1) is 5.92 Å². The molecule has 0 aromatic heterocycles. The second-order valence-electron chi connectivity index (χ2n) is 7.09. The van der Waals surface area contributed by atoms with Gasteiger partial charge in [-0.05, 0) is 35.7 Å². The number of imide groups is 1. The molecule has 5 nitrogen and oxygen atoms in total. The third kappa shape index (κ3) is 2.90. The normalized spacial score (nSPS) is 21.7. The fourth-order valence-corrected chi connectivity index (χ4v) is 3.81. The van der Waals surface area contributed by atoms with Crippen LogP contribution in [-0.4, -0.2) is 24.3 Å². The van der Waals surface area contributed by atoms with Crippen molar-refractivity contribution in [3.8, 4) is 0 Å². The van der Waals surface area contributed by atoms with Crippen molar-refractivity contribution in [3.05, 3.63) is 65.2 Å². The molecule has 2 aliphatic heterocycles. The fraction of sp³-hybridized carbons (Fsp3) is 0.286. The molecule has 26 heavy (non-hydrogen) atoms. The van der Waals surface area contributed by atoms with Gasteiger partial charge in [-0.2, -0.15) is 0 Å². The first-order valence-corrected chi connectivity index (χ1v) is 8.86. The van der Waals surface area contributed by atoms with E-state index in [0.29, 0.717) is 24.4 Å². The molecule has 0 saturated carbocycles. The van der Waals surface area contributed by atoms with Gasteiger partial charge < -0.3 is 4.90 Å². The molecule has 1 fully saturated rings. The molecular formula is C21H20N2O3. The molecule has 2 aliphatic rings. The number of para-hydroxylation sites is 1. The summed E-state index contributed by atoms with van der Waals surface area (Å²) < 4.78 is 0. The number of amides is 3. The van der Waals surface area contributed by atoms with Gasteiger partial charge in [-0.3, -0.25) is 19.7 Å². The molecule has 0 aliphatic carbocycles. The Morgan fingerprint density at radius 1 is 1.12 bits per heavy atom. The monoisotopic (exact) mass is 348 g/mol. The van der Waals surface area contributed by atoms with Crippen molar-refractivity contribution in [1.29, 1.82) is 0 Å². The highest BCUT2D eigenvalue weighted by molar-refractivity contribution is 6.07. The molecule has 0 bridgehead atoms. The number of anilines is 1. The Kier molecular flexibility index (Phi) is 4.07. The lowest BCUT2D eigenvalue weighted by atomic mass is 9.97. The third-order valence-electron chi connectivity index (χ3n) is 5.21. The first-order valence-electron chi connectivity index (χ1n) is 8.86. The number of carbonyl (C=O) groups excluding carboxylic acids is 3. The van der Waals surface area contributed by atoms with Gasteiger partial charge in [0.1, 0.15) is 0 Å². The molecule has 2 heterocycles. The summed E-state index contributed by atoms with van der Waals surface area (Å²) in [4.78, 5) is 37.7. The molecule has 1 saturated heterocycles. The van der Waals surface area contributed by atoms with Crippen LogP contribution in [0.3, 0.4) is 0 Å². The van der Waals surface area contributed by atoms with Crippen molar-refractivity contribution in [2.45, 2.75) is 25.7 Å². The van der Waals surface area contributed by atoms with Crippen LogP contribution in [0, 0.1) is 5.92 Å². The van der Waals surface area contributed by atoms with Crippen molar-refractivity contribution < 1.29 is 14.4 Å². The molecule has 2 atom stereocenters. The highest BCUT2D eigenvalue weighted by Crippen LogP contribution is 2.36. The smallest absolute Gasteiger partial charge is 0.258 e. The van der Waals surface area contributed by atoms with Crippen LogP contribution in [0.2, 0.25) is 0 Å². The van der Waals surface area contributed by atoms with Gasteiger partial charge in [0, 0.05) is 30.1 Å². The van der Waals surface area contributed by atoms with E-state index in [9.17, 15) is 14.4 Å². The number of fused-ring (bicyclic) bond motifs is 1. The van der Waals surface area contributed by atoms with Crippen LogP contribution >= 0.6 is 0 Å². The summed E-state index contributed by atoms with van der Waals surface area (Å²) in [5.41, 5.74) is 3.76. The van der Waals surface area contributed by atoms with Crippen LogP contribution in [0.25, 0.3) is 0 Å². The standard InChI is InChI=1S/C21H20N2O3/c1-13-12-23(18-5-3-2-4-17(13)18)21(26)15-8-6-14(7-9-15)10-16-11-19(24)22-20(16)25/h2-9,13,16H,10-12H2,1H3,(H,22,24,25)/t13-,16-/m1/s1. The highest BCUT2D eigenvalue weighted by atomic mass is 16.2. The van der Waals surface area contributed by atoms with Gasteiger partial charge in [-0.25, -0.2) is 0 Å². The van der Waals surface area contributed by atoms with Gasteiger partial charge in [0.15, 0.2) is 0 Å². The summed E-state index contributed by atoms with van der Waals surface area (Å²) in [6.07, 6.45) is 0.748. The van der Waals surface area contributed by atoms with E-state index in [0.717, 1.165) is 11.3 Å². The van der Waals surface area contributed by atoms with E-state index < -0.39 is 0 Å². The Balaban J connectivity index is 1.50. The van der Waals surface area contributed by atoms with Crippen molar-refractivity contribution in [2.75, 3.05) is 11.4 Å². The Bertz CT molecular complexity index is 888. The lowest BCUT2D eigenvalue weighted by molar-refractivity contribution is -0.125. The van der Waals surface area contributed by atoms with E-state index in [-0.39, 0.29) is 30.1 Å². The molecule has 4 rings (SSSR count). The zero-order valence-corrected chi connectivity index (χ0v) is 14.6. The molecule has 5 heteroatoms. The van der Waals surface area contributed by atoms with Crippen LogP contribution in [0.15, 0.2) is 48.5 Å². The summed E-state index contributed by atoms with van der Waals surface area (Å²) in [5.74, 6) is -0.420. The second kappa shape index (κ2) is 6.41. The van der Waals surface area contributed by atoms with E-state index in [1.54, 1.807) is 12.1 Å². The number of carbonyl (C=O) groups is 3. The zero-order chi connectivity index (χ0) is 18.3. The lowest BCUT2D eigenvalue weighted by Crippen LogP contribution is -2.29. The van der Waals surface area contributed by atoms with Gasteiger partial charge >= 0.3 is 0 Å². The first-order chi connectivity index (χ1) is 12.5. The lowest BCUT2D eigenvalue weighted by Gasteiger charge is -2.18. The average Bonchev–Trinajstić information content (AvgIpc) is 3.14. The zero-order valence-electron chi connectivity index (χ0n) is 14.6. The average molecular weight is 348 g/mol. The SMILES string of the molecule is C[C@@H]1CN(C(=O)c2ccc(C[C@@H]3CC(=O)NC3=O)cc2)c2ccccc21. The minimum Gasteiger partial charge on any atom is -0.307 e. The van der Waals surface area contributed by atoms with Gasteiger partial charge in [-0.15, -0.1) is 0 Å². The van der Waals surface area contributed by atoms with Gasteiger partial charge in [0.2, 0.25) is 11.8 Å². The largest absolute Gasteiger partial charge is 0.307 e. The maximum atomic E-state index is 12.9. The van der Waals surface area contributed by atoms with Crippen molar-refractivity contribution in [2.24, 2.45) is 5.92 Å². The van der Waals surface area contributed by atoms with E-state index in [2.05, 4.69) is 18.3 Å². The number of hydrogen-bond donors (Lipinski definition) is 1. The molecule has 0 spiro atoms. The van der Waals surface area contributed by atoms with Crippen LogP contribution in [0.5, 0.6) is 0 Å². The van der Waals surface area contributed by atoms with E-state index in [1.807, 2.05) is 35.2 Å². The minimum absolute atomic E-state index is 0.0119. The number of rotatable bonds is 3. The molecule has 132 valence electrons. The summed E-state index contributed by atoms with van der Waals surface area (Å²) in [7, 11) is 0. The molecular weight excluding hydrogens is 328 g/mol. The van der Waals surface area contributed by atoms with Crippen LogP contribution in [-0.2, 0) is 16.0 Å². The number of nitrogens with one attached hydrogen (secondary N) is 1.